The highest BCUT2D eigenvalue weighted by Crippen LogP contribution is 2.39. The number of ether oxygens (including phenoxy) is 3. The molecule has 2 aromatic carbocycles. The Kier molecular flexibility index (Phi) is 5.85. The Morgan fingerprint density at radius 3 is 2.45 bits per heavy atom. The lowest BCUT2D eigenvalue weighted by Crippen LogP contribution is -2.36. The maximum Gasteiger partial charge on any atom is 0.326 e. The van der Waals surface area contributed by atoms with Gasteiger partial charge >= 0.3 is 5.97 Å². The lowest BCUT2D eigenvalue weighted by Gasteiger charge is -2.28. The van der Waals surface area contributed by atoms with Crippen LogP contribution in [0.1, 0.15) is 48.7 Å². The number of halogens is 1. The van der Waals surface area contributed by atoms with Gasteiger partial charge in [-0.25, -0.2) is 4.39 Å². The van der Waals surface area contributed by atoms with Gasteiger partial charge in [0.25, 0.3) is 0 Å². The molecule has 2 fully saturated rings. The molecule has 0 aromatic heterocycles. The second-order valence-electron chi connectivity index (χ2n) is 8.65. The third-order valence-electron chi connectivity index (χ3n) is 6.50. The van der Waals surface area contributed by atoms with Crippen LogP contribution in [0.4, 0.5) is 4.39 Å². The van der Waals surface area contributed by atoms with E-state index in [0.717, 1.165) is 23.3 Å². The maximum absolute atomic E-state index is 14.2. The van der Waals surface area contributed by atoms with Crippen LogP contribution in [0.25, 0.3) is 0 Å². The average Bonchev–Trinajstić information content (AvgIpc) is 3.07. The largest absolute Gasteiger partial charge is 0.460 e. The predicted molar refractivity (Wildman–Crippen MR) is 113 cm³/mol. The highest BCUT2D eigenvalue weighted by Gasteiger charge is 2.48. The van der Waals surface area contributed by atoms with Gasteiger partial charge < -0.3 is 14.2 Å². The Morgan fingerprint density at radius 2 is 1.76 bits per heavy atom. The van der Waals surface area contributed by atoms with E-state index in [2.05, 4.69) is 0 Å². The second kappa shape index (κ2) is 8.94. The Hall–Kier alpha value is -3.26. The van der Waals surface area contributed by atoms with E-state index >= 15 is 0 Å². The number of fused-ring (bicyclic) bond motifs is 2. The summed E-state index contributed by atoms with van der Waals surface area (Å²) < 4.78 is 31.2. The number of carbonyl (C=O) groups excluding carboxylic acids is 3. The van der Waals surface area contributed by atoms with Crippen molar-refractivity contribution in [3.63, 3.8) is 0 Å². The van der Waals surface area contributed by atoms with Crippen molar-refractivity contribution in [3.05, 3.63) is 65.0 Å². The first kappa shape index (κ1) is 21.6. The van der Waals surface area contributed by atoms with Gasteiger partial charge in [0.2, 0.25) is 18.1 Å². The zero-order valence-corrected chi connectivity index (χ0v) is 18.0. The van der Waals surface area contributed by atoms with Crippen LogP contribution in [0.3, 0.4) is 0 Å². The number of rotatable bonds is 5. The topological polar surface area (TPSA) is 82.1 Å². The van der Waals surface area contributed by atoms with Crippen LogP contribution in [0.5, 0.6) is 5.75 Å². The van der Waals surface area contributed by atoms with Crippen molar-refractivity contribution in [2.45, 2.75) is 45.2 Å². The van der Waals surface area contributed by atoms with E-state index in [1.807, 2.05) is 30.3 Å². The minimum atomic E-state index is -0.722. The summed E-state index contributed by atoms with van der Waals surface area (Å²) in [5.41, 5.74) is 1.68. The third-order valence-corrected chi connectivity index (χ3v) is 6.50. The SMILES string of the molecule is O=C(CN1C(=O)[C@@H]2CCCC[C@H]2C1=O)OCc1cc(F)cc2c1O[C@H](c1ccccc1)OC2. The predicted octanol–water partition coefficient (Wildman–Crippen LogP) is 3.65. The number of imide groups is 1. The van der Waals surface area contributed by atoms with Gasteiger partial charge in [-0.1, -0.05) is 43.2 Å². The molecule has 7 nitrogen and oxygen atoms in total. The molecule has 2 aliphatic heterocycles. The van der Waals surface area contributed by atoms with E-state index in [1.165, 1.54) is 12.1 Å². The van der Waals surface area contributed by atoms with Gasteiger partial charge in [0.1, 0.15) is 24.7 Å². The van der Waals surface area contributed by atoms with E-state index < -0.39 is 24.6 Å². The number of amides is 2. The highest BCUT2D eigenvalue weighted by atomic mass is 19.1. The maximum atomic E-state index is 14.2. The first-order valence-electron chi connectivity index (χ1n) is 11.2. The molecular formula is C25H24FNO6. The molecule has 3 atom stereocenters. The fourth-order valence-electron chi connectivity index (χ4n) is 4.88. The monoisotopic (exact) mass is 453 g/mol. The van der Waals surface area contributed by atoms with Gasteiger partial charge in [-0.15, -0.1) is 0 Å². The van der Waals surface area contributed by atoms with Crippen molar-refractivity contribution in [1.82, 2.24) is 4.90 Å². The quantitative estimate of drug-likeness (QED) is 0.508. The molecule has 8 heteroatoms. The Morgan fingerprint density at radius 1 is 1.06 bits per heavy atom. The smallest absolute Gasteiger partial charge is 0.326 e. The molecule has 2 heterocycles. The van der Waals surface area contributed by atoms with Crippen LogP contribution in [0.2, 0.25) is 0 Å². The minimum Gasteiger partial charge on any atom is -0.460 e. The van der Waals surface area contributed by atoms with E-state index in [0.29, 0.717) is 29.7 Å². The molecule has 0 spiro atoms. The number of nitrogens with zero attached hydrogens (tertiary/aromatic N) is 1. The number of hydrogen-bond acceptors (Lipinski definition) is 6. The minimum absolute atomic E-state index is 0.146. The first-order chi connectivity index (χ1) is 16.0. The van der Waals surface area contributed by atoms with Crippen LogP contribution < -0.4 is 4.74 Å². The van der Waals surface area contributed by atoms with E-state index in [9.17, 15) is 18.8 Å². The summed E-state index contributed by atoms with van der Waals surface area (Å²) >= 11 is 0. The van der Waals surface area contributed by atoms with Gasteiger partial charge in [-0.2, -0.15) is 0 Å². The molecule has 0 bridgehead atoms. The molecule has 1 saturated heterocycles. The lowest BCUT2D eigenvalue weighted by molar-refractivity contribution is -0.154. The second-order valence-corrected chi connectivity index (χ2v) is 8.65. The normalized spacial score (nSPS) is 24.2. The first-order valence-corrected chi connectivity index (χ1v) is 11.2. The number of benzene rings is 2. The van der Waals surface area contributed by atoms with Crippen LogP contribution in [-0.4, -0.2) is 29.2 Å². The molecule has 1 saturated carbocycles. The Bertz CT molecular complexity index is 1060. The van der Waals surface area contributed by atoms with Gasteiger partial charge in [0.15, 0.2) is 0 Å². The molecule has 2 amide bonds. The van der Waals surface area contributed by atoms with Crippen LogP contribution >= 0.6 is 0 Å². The lowest BCUT2D eigenvalue weighted by atomic mass is 9.81. The molecule has 2 aromatic rings. The molecular weight excluding hydrogens is 429 g/mol. The van der Waals surface area contributed by atoms with E-state index in [-0.39, 0.29) is 36.9 Å². The van der Waals surface area contributed by atoms with Crippen LogP contribution in [-0.2, 0) is 37.1 Å². The summed E-state index contributed by atoms with van der Waals surface area (Å²) in [5, 5.41) is 0. The summed E-state index contributed by atoms with van der Waals surface area (Å²) in [6, 6.07) is 11.9. The molecule has 1 aliphatic carbocycles. The third kappa shape index (κ3) is 4.23. The van der Waals surface area contributed by atoms with Gasteiger partial charge in [-0.3, -0.25) is 19.3 Å². The molecule has 3 aliphatic rings. The van der Waals surface area contributed by atoms with Gasteiger partial charge in [0.05, 0.1) is 18.4 Å². The number of hydrogen-bond donors (Lipinski definition) is 0. The van der Waals surface area contributed by atoms with E-state index in [1.54, 1.807) is 0 Å². The molecule has 0 N–H and O–H groups in total. The fourth-order valence-corrected chi connectivity index (χ4v) is 4.88. The molecule has 0 unspecified atom stereocenters. The molecule has 0 radical (unpaired) electrons. The standard InChI is InChI=1S/C25H24FNO6/c26-18-10-16(22-17(11-18)14-32-25(33-22)15-6-2-1-3-7-15)13-31-21(28)12-27-23(29)19-8-4-5-9-20(19)24(27)30/h1-3,6-7,10-11,19-20,25H,4-5,8-9,12-14H2/t19-,20-,25-/m1/s1. The summed E-state index contributed by atoms with van der Waals surface area (Å²) in [5.74, 6) is -2.05. The van der Waals surface area contributed by atoms with Crippen molar-refractivity contribution in [2.24, 2.45) is 11.8 Å². The fraction of sp³-hybridized carbons (Fsp3) is 0.400. The summed E-state index contributed by atoms with van der Waals surface area (Å²) in [7, 11) is 0. The average molecular weight is 453 g/mol. The Labute approximate surface area is 190 Å². The molecule has 33 heavy (non-hydrogen) atoms. The van der Waals surface area contributed by atoms with Crippen LogP contribution in [0, 0.1) is 17.7 Å². The number of carbonyl (C=O) groups is 3. The number of esters is 1. The molecule has 172 valence electrons. The number of likely N-dealkylation sites (tertiary alicyclic amines) is 1. The van der Waals surface area contributed by atoms with Crippen molar-refractivity contribution in [3.8, 4) is 5.75 Å². The van der Waals surface area contributed by atoms with Crippen molar-refractivity contribution >= 4 is 17.8 Å². The summed E-state index contributed by atoms with van der Waals surface area (Å²) in [4.78, 5) is 38.7. The van der Waals surface area contributed by atoms with E-state index in [4.69, 9.17) is 14.2 Å². The van der Waals surface area contributed by atoms with Gasteiger partial charge in [0, 0.05) is 16.7 Å². The summed E-state index contributed by atoms with van der Waals surface area (Å²) in [6.07, 6.45) is 2.52. The highest BCUT2D eigenvalue weighted by molar-refractivity contribution is 6.07. The zero-order valence-electron chi connectivity index (χ0n) is 18.0. The van der Waals surface area contributed by atoms with Crippen molar-refractivity contribution in [2.75, 3.05) is 6.54 Å². The van der Waals surface area contributed by atoms with Crippen molar-refractivity contribution < 1.29 is 33.0 Å². The van der Waals surface area contributed by atoms with Crippen LogP contribution in [0.15, 0.2) is 42.5 Å². The summed E-state index contributed by atoms with van der Waals surface area (Å²) in [6.45, 7) is -0.532. The zero-order chi connectivity index (χ0) is 22.9. The molecule has 5 rings (SSSR count). The van der Waals surface area contributed by atoms with Crippen molar-refractivity contribution in [1.29, 1.82) is 0 Å². The Balaban J connectivity index is 1.27. The van der Waals surface area contributed by atoms with Gasteiger partial charge in [-0.05, 0) is 25.0 Å².